The van der Waals surface area contributed by atoms with Crippen LogP contribution in [0.1, 0.15) is 0 Å². The highest BCUT2D eigenvalue weighted by molar-refractivity contribution is 9.10. The number of benzene rings is 1. The lowest BCUT2D eigenvalue weighted by atomic mass is 10.3. The van der Waals surface area contributed by atoms with Crippen molar-refractivity contribution in [2.45, 2.75) is 4.90 Å². The van der Waals surface area contributed by atoms with Crippen molar-refractivity contribution < 1.29 is 13.3 Å². The molecule has 0 unspecified atom stereocenters. The molecule has 82 valence electrons. The average Bonchev–Trinajstić information content (AvgIpc) is 2.06. The summed E-state index contributed by atoms with van der Waals surface area (Å²) in [5.41, 5.74) is 4.90. The van der Waals surface area contributed by atoms with E-state index in [0.717, 1.165) is 12.3 Å². The average molecular weight is 295 g/mol. The van der Waals surface area contributed by atoms with Crippen LogP contribution in [-0.4, -0.2) is 19.6 Å². The lowest BCUT2D eigenvalue weighted by Crippen LogP contribution is -2.02. The fraction of sp³-hybridized carbons (Fsp3) is 0.143. The first-order valence-electron chi connectivity index (χ1n) is 3.67. The van der Waals surface area contributed by atoms with Gasteiger partial charge in [-0.05, 0) is 22.0 Å². The third-order valence-electron chi connectivity index (χ3n) is 1.71. The number of nitrogen functional groups attached to an aromatic ring is 1. The zero-order chi connectivity index (χ0) is 11.8. The SMILES string of the molecule is CS(=O)(=O)c1cc(Br)c(N)c([N+](=O)[O-])c1. The van der Waals surface area contributed by atoms with E-state index in [1.54, 1.807) is 0 Å². The maximum absolute atomic E-state index is 11.2. The molecule has 1 rings (SSSR count). The second kappa shape index (κ2) is 3.78. The van der Waals surface area contributed by atoms with Gasteiger partial charge in [-0.3, -0.25) is 10.1 Å². The molecule has 2 N–H and O–H groups in total. The number of nitro benzene ring substituents is 1. The van der Waals surface area contributed by atoms with E-state index < -0.39 is 20.4 Å². The van der Waals surface area contributed by atoms with Crippen LogP contribution < -0.4 is 5.73 Å². The van der Waals surface area contributed by atoms with Gasteiger partial charge < -0.3 is 5.73 Å². The molecule has 1 aromatic carbocycles. The molecule has 0 aromatic heterocycles. The molecule has 15 heavy (non-hydrogen) atoms. The van der Waals surface area contributed by atoms with Crippen molar-refractivity contribution in [1.29, 1.82) is 0 Å². The number of rotatable bonds is 2. The Morgan fingerprint density at radius 1 is 1.47 bits per heavy atom. The molecule has 0 atom stereocenters. The molecule has 0 spiro atoms. The summed E-state index contributed by atoms with van der Waals surface area (Å²) in [7, 11) is -3.49. The molecule has 0 heterocycles. The molecular weight excluding hydrogens is 288 g/mol. The topological polar surface area (TPSA) is 103 Å². The number of halogens is 1. The van der Waals surface area contributed by atoms with Crippen LogP contribution in [0.15, 0.2) is 21.5 Å². The van der Waals surface area contributed by atoms with E-state index in [1.807, 2.05) is 0 Å². The first kappa shape index (κ1) is 11.9. The Labute approximate surface area is 94.3 Å². The van der Waals surface area contributed by atoms with Crippen LogP contribution in [0, 0.1) is 10.1 Å². The fourth-order valence-corrected chi connectivity index (χ4v) is 2.20. The van der Waals surface area contributed by atoms with E-state index in [2.05, 4.69) is 15.9 Å². The standard InChI is InChI=1S/C7H7BrN2O4S/c1-15(13,14)4-2-5(8)7(9)6(3-4)10(11)12/h2-3H,9H2,1H3. The fourth-order valence-electron chi connectivity index (χ4n) is 0.944. The first-order valence-corrected chi connectivity index (χ1v) is 6.35. The predicted molar refractivity (Wildman–Crippen MR) is 58.3 cm³/mol. The highest BCUT2D eigenvalue weighted by atomic mass is 79.9. The Morgan fingerprint density at radius 3 is 2.40 bits per heavy atom. The molecule has 1 aromatic rings. The lowest BCUT2D eigenvalue weighted by Gasteiger charge is -2.03. The minimum atomic E-state index is -3.49. The minimum Gasteiger partial charge on any atom is -0.392 e. The van der Waals surface area contributed by atoms with E-state index >= 15 is 0 Å². The third kappa shape index (κ3) is 2.45. The zero-order valence-corrected chi connectivity index (χ0v) is 10.0. The number of hydrogen-bond donors (Lipinski definition) is 1. The second-order valence-electron chi connectivity index (χ2n) is 2.87. The number of hydrogen-bond acceptors (Lipinski definition) is 5. The van der Waals surface area contributed by atoms with E-state index in [0.29, 0.717) is 0 Å². The van der Waals surface area contributed by atoms with Gasteiger partial charge in [0.25, 0.3) is 5.69 Å². The van der Waals surface area contributed by atoms with Gasteiger partial charge in [-0.1, -0.05) is 0 Å². The number of anilines is 1. The maximum atomic E-state index is 11.2. The quantitative estimate of drug-likeness (QED) is 0.504. The van der Waals surface area contributed by atoms with Crippen molar-refractivity contribution in [3.63, 3.8) is 0 Å². The van der Waals surface area contributed by atoms with Crippen LogP contribution in [-0.2, 0) is 9.84 Å². The molecule has 0 aliphatic heterocycles. The molecular formula is C7H7BrN2O4S. The van der Waals surface area contributed by atoms with Gasteiger partial charge in [0, 0.05) is 16.8 Å². The van der Waals surface area contributed by atoms with Gasteiger partial charge in [-0.2, -0.15) is 0 Å². The molecule has 0 amide bonds. The monoisotopic (exact) mass is 294 g/mol. The summed E-state index contributed by atoms with van der Waals surface area (Å²) in [5.74, 6) is 0. The highest BCUT2D eigenvalue weighted by Crippen LogP contribution is 2.32. The number of nitrogens with zero attached hydrogens (tertiary/aromatic N) is 1. The smallest absolute Gasteiger partial charge is 0.294 e. The molecule has 0 fully saturated rings. The number of sulfone groups is 1. The molecule has 0 aliphatic rings. The van der Waals surface area contributed by atoms with Crippen LogP contribution in [0.5, 0.6) is 0 Å². The van der Waals surface area contributed by atoms with Crippen molar-refractivity contribution >= 4 is 37.1 Å². The Balaban J connectivity index is 3.57. The van der Waals surface area contributed by atoms with Crippen LogP contribution in [0.25, 0.3) is 0 Å². The van der Waals surface area contributed by atoms with Gasteiger partial charge in [0.15, 0.2) is 9.84 Å². The van der Waals surface area contributed by atoms with Crippen molar-refractivity contribution in [2.24, 2.45) is 0 Å². The van der Waals surface area contributed by atoms with Crippen LogP contribution in [0.2, 0.25) is 0 Å². The normalized spacial score (nSPS) is 11.3. The Kier molecular flexibility index (Phi) is 3.00. The van der Waals surface area contributed by atoms with Crippen molar-refractivity contribution in [3.8, 4) is 0 Å². The van der Waals surface area contributed by atoms with Gasteiger partial charge >= 0.3 is 0 Å². The summed E-state index contributed by atoms with van der Waals surface area (Å²) in [4.78, 5) is 9.69. The van der Waals surface area contributed by atoms with Gasteiger partial charge in [0.2, 0.25) is 0 Å². The molecule has 0 saturated carbocycles. The minimum absolute atomic E-state index is 0.0904. The van der Waals surface area contributed by atoms with Crippen LogP contribution in [0.3, 0.4) is 0 Å². The molecule has 0 saturated heterocycles. The van der Waals surface area contributed by atoms with Crippen LogP contribution >= 0.6 is 15.9 Å². The predicted octanol–water partition coefficient (Wildman–Crippen LogP) is 1.34. The Morgan fingerprint density at radius 2 is 2.00 bits per heavy atom. The molecule has 0 radical (unpaired) electrons. The molecule has 8 heteroatoms. The van der Waals surface area contributed by atoms with Crippen molar-refractivity contribution in [2.75, 3.05) is 12.0 Å². The van der Waals surface area contributed by atoms with Gasteiger partial charge in [-0.15, -0.1) is 0 Å². The summed E-state index contributed by atoms with van der Waals surface area (Å²) in [5, 5.41) is 10.6. The molecule has 0 aliphatic carbocycles. The number of nitrogens with two attached hydrogens (primary N) is 1. The molecule has 0 bridgehead atoms. The Bertz CT molecular complexity index is 526. The maximum Gasteiger partial charge on any atom is 0.294 e. The lowest BCUT2D eigenvalue weighted by molar-refractivity contribution is -0.384. The van der Waals surface area contributed by atoms with E-state index in [9.17, 15) is 18.5 Å². The van der Waals surface area contributed by atoms with E-state index in [-0.39, 0.29) is 15.1 Å². The largest absolute Gasteiger partial charge is 0.392 e. The summed E-state index contributed by atoms with van der Waals surface area (Å²) in [6.07, 6.45) is 0.967. The number of nitro groups is 1. The van der Waals surface area contributed by atoms with E-state index in [1.165, 1.54) is 6.07 Å². The van der Waals surface area contributed by atoms with Crippen LogP contribution in [0.4, 0.5) is 11.4 Å². The van der Waals surface area contributed by atoms with Gasteiger partial charge in [0.05, 0.1) is 9.82 Å². The summed E-state index contributed by atoms with van der Waals surface area (Å²) < 4.78 is 22.6. The molecule has 6 nitrogen and oxygen atoms in total. The summed E-state index contributed by atoms with van der Waals surface area (Å²) >= 11 is 2.96. The van der Waals surface area contributed by atoms with Gasteiger partial charge in [-0.25, -0.2) is 8.42 Å². The van der Waals surface area contributed by atoms with Crippen molar-refractivity contribution in [3.05, 3.63) is 26.7 Å². The van der Waals surface area contributed by atoms with Gasteiger partial charge in [0.1, 0.15) is 5.69 Å². The van der Waals surface area contributed by atoms with E-state index in [4.69, 9.17) is 5.73 Å². The van der Waals surface area contributed by atoms with Crippen molar-refractivity contribution in [1.82, 2.24) is 0 Å². The second-order valence-corrected chi connectivity index (χ2v) is 5.74. The summed E-state index contributed by atoms with van der Waals surface area (Å²) in [6, 6.07) is 2.17. The summed E-state index contributed by atoms with van der Waals surface area (Å²) in [6.45, 7) is 0. The third-order valence-corrected chi connectivity index (χ3v) is 3.45. The highest BCUT2D eigenvalue weighted by Gasteiger charge is 2.19. The Hall–Kier alpha value is -1.15. The first-order chi connectivity index (χ1) is 6.73. The zero-order valence-electron chi connectivity index (χ0n) is 7.60.